The highest BCUT2D eigenvalue weighted by Gasteiger charge is 2.29. The first-order valence-corrected chi connectivity index (χ1v) is 8.26. The third kappa shape index (κ3) is 3.98. The van der Waals surface area contributed by atoms with Crippen molar-refractivity contribution >= 4 is 0 Å². The summed E-state index contributed by atoms with van der Waals surface area (Å²) in [5, 5.41) is 0. The molecule has 0 saturated carbocycles. The van der Waals surface area contributed by atoms with Crippen molar-refractivity contribution < 1.29 is 4.39 Å². The first-order valence-electron chi connectivity index (χ1n) is 8.26. The summed E-state index contributed by atoms with van der Waals surface area (Å²) in [6.07, 6.45) is 0. The smallest absolute Gasteiger partial charge is 0.127 e. The lowest BCUT2D eigenvalue weighted by Gasteiger charge is -2.44. The molecule has 0 aromatic heterocycles. The van der Waals surface area contributed by atoms with E-state index in [1.54, 1.807) is 12.1 Å². The van der Waals surface area contributed by atoms with E-state index in [0.29, 0.717) is 18.6 Å². The molecule has 0 unspecified atom stereocenters. The molecule has 1 radical (unpaired) electrons. The highest BCUT2D eigenvalue weighted by atomic mass is 19.1. The molecule has 2 aromatic rings. The molecule has 0 amide bonds. The van der Waals surface area contributed by atoms with Gasteiger partial charge in [0, 0.05) is 37.3 Å². The lowest BCUT2D eigenvalue weighted by atomic mass is 10.1. The molecule has 1 heterocycles. The molecular formula is C20H24FN2. The minimum Gasteiger partial charge on any atom is -0.293 e. The number of rotatable bonds is 4. The SMILES string of the molecule is C[C@@H]1CN([CH]c2ccccc2)[C@@H](C)CN1Cc1ccccc1F. The van der Waals surface area contributed by atoms with Crippen LogP contribution in [0.15, 0.2) is 54.6 Å². The van der Waals surface area contributed by atoms with Crippen molar-refractivity contribution in [1.82, 2.24) is 9.80 Å². The molecule has 0 spiro atoms. The third-order valence-electron chi connectivity index (χ3n) is 4.61. The average Bonchev–Trinajstić information content (AvgIpc) is 2.55. The Morgan fingerprint density at radius 2 is 1.65 bits per heavy atom. The lowest BCUT2D eigenvalue weighted by molar-refractivity contribution is 0.0578. The van der Waals surface area contributed by atoms with Crippen molar-refractivity contribution in [3.8, 4) is 0 Å². The second kappa shape index (κ2) is 7.24. The summed E-state index contributed by atoms with van der Waals surface area (Å²) in [5.41, 5.74) is 2.01. The Labute approximate surface area is 138 Å². The van der Waals surface area contributed by atoms with Crippen LogP contribution in [0, 0.1) is 12.4 Å². The van der Waals surface area contributed by atoms with Crippen LogP contribution >= 0.6 is 0 Å². The van der Waals surface area contributed by atoms with Crippen LogP contribution in [-0.2, 0) is 6.54 Å². The molecular weight excluding hydrogens is 287 g/mol. The number of hydrogen-bond acceptors (Lipinski definition) is 2. The van der Waals surface area contributed by atoms with Crippen molar-refractivity contribution in [3.63, 3.8) is 0 Å². The van der Waals surface area contributed by atoms with Gasteiger partial charge in [0.1, 0.15) is 5.82 Å². The average molecular weight is 311 g/mol. The summed E-state index contributed by atoms with van der Waals surface area (Å²) in [4.78, 5) is 4.77. The van der Waals surface area contributed by atoms with E-state index in [9.17, 15) is 4.39 Å². The summed E-state index contributed by atoms with van der Waals surface area (Å²) < 4.78 is 13.9. The maximum atomic E-state index is 13.9. The Kier molecular flexibility index (Phi) is 5.09. The van der Waals surface area contributed by atoms with Crippen LogP contribution in [0.5, 0.6) is 0 Å². The maximum absolute atomic E-state index is 13.9. The van der Waals surface area contributed by atoms with Crippen LogP contribution < -0.4 is 0 Å². The van der Waals surface area contributed by atoms with Gasteiger partial charge in [-0.3, -0.25) is 9.80 Å². The molecule has 2 atom stereocenters. The third-order valence-corrected chi connectivity index (χ3v) is 4.61. The molecule has 1 aliphatic rings. The number of nitrogens with zero attached hydrogens (tertiary/aromatic N) is 2. The highest BCUT2D eigenvalue weighted by Crippen LogP contribution is 2.21. The zero-order valence-electron chi connectivity index (χ0n) is 13.8. The molecule has 3 rings (SSSR count). The zero-order chi connectivity index (χ0) is 16.2. The topological polar surface area (TPSA) is 6.48 Å². The summed E-state index contributed by atoms with van der Waals surface area (Å²) in [5.74, 6) is -0.106. The Morgan fingerprint density at radius 3 is 2.39 bits per heavy atom. The largest absolute Gasteiger partial charge is 0.293 e. The quantitative estimate of drug-likeness (QED) is 0.844. The summed E-state index contributed by atoms with van der Waals surface area (Å²) in [6, 6.07) is 18.3. The van der Waals surface area contributed by atoms with Crippen LogP contribution in [0.3, 0.4) is 0 Å². The Morgan fingerprint density at radius 1 is 0.957 bits per heavy atom. The van der Waals surface area contributed by atoms with Crippen LogP contribution in [0.25, 0.3) is 0 Å². The molecule has 2 nitrogen and oxygen atoms in total. The Bertz CT molecular complexity index is 629. The fourth-order valence-electron chi connectivity index (χ4n) is 3.20. The minimum absolute atomic E-state index is 0.106. The molecule has 23 heavy (non-hydrogen) atoms. The molecule has 0 N–H and O–H groups in total. The van der Waals surface area contributed by atoms with E-state index in [-0.39, 0.29) is 5.82 Å². The van der Waals surface area contributed by atoms with E-state index in [1.807, 2.05) is 18.2 Å². The molecule has 1 fully saturated rings. The highest BCUT2D eigenvalue weighted by molar-refractivity contribution is 5.22. The van der Waals surface area contributed by atoms with E-state index < -0.39 is 0 Å². The summed E-state index contributed by atoms with van der Waals surface area (Å²) in [6.45, 7) is 9.28. The summed E-state index contributed by atoms with van der Waals surface area (Å²) in [7, 11) is 0. The van der Waals surface area contributed by atoms with Gasteiger partial charge in [-0.25, -0.2) is 4.39 Å². The molecule has 1 saturated heterocycles. The normalized spacial score (nSPS) is 23.1. The first-order chi connectivity index (χ1) is 11.1. The monoisotopic (exact) mass is 311 g/mol. The van der Waals surface area contributed by atoms with E-state index in [2.05, 4.69) is 54.5 Å². The van der Waals surface area contributed by atoms with Crippen molar-refractivity contribution in [2.45, 2.75) is 32.5 Å². The minimum atomic E-state index is -0.106. The zero-order valence-corrected chi connectivity index (χ0v) is 13.8. The first kappa shape index (κ1) is 16.2. The predicted octanol–water partition coefficient (Wildman–Crippen LogP) is 3.93. The molecule has 3 heteroatoms. The lowest BCUT2D eigenvalue weighted by Crippen LogP contribution is -2.54. The van der Waals surface area contributed by atoms with E-state index in [0.717, 1.165) is 18.7 Å². The van der Waals surface area contributed by atoms with Crippen molar-refractivity contribution in [3.05, 3.63) is 78.1 Å². The molecule has 1 aliphatic heterocycles. The van der Waals surface area contributed by atoms with Gasteiger partial charge in [0.2, 0.25) is 0 Å². The fourth-order valence-corrected chi connectivity index (χ4v) is 3.20. The summed E-state index contributed by atoms with van der Waals surface area (Å²) >= 11 is 0. The van der Waals surface area contributed by atoms with Crippen molar-refractivity contribution in [2.24, 2.45) is 0 Å². The number of hydrogen-bond donors (Lipinski definition) is 0. The molecule has 0 aliphatic carbocycles. The van der Waals surface area contributed by atoms with Gasteiger partial charge in [0.15, 0.2) is 0 Å². The van der Waals surface area contributed by atoms with Gasteiger partial charge in [0.05, 0.1) is 6.54 Å². The molecule has 121 valence electrons. The number of halogens is 1. The van der Waals surface area contributed by atoms with Crippen LogP contribution in [0.1, 0.15) is 25.0 Å². The van der Waals surface area contributed by atoms with Gasteiger partial charge < -0.3 is 0 Å². The van der Waals surface area contributed by atoms with Gasteiger partial charge in [-0.2, -0.15) is 0 Å². The Hall–Kier alpha value is -1.71. The predicted molar refractivity (Wildman–Crippen MR) is 92.3 cm³/mol. The van der Waals surface area contributed by atoms with Crippen LogP contribution in [-0.4, -0.2) is 35.0 Å². The maximum Gasteiger partial charge on any atom is 0.127 e. The van der Waals surface area contributed by atoms with Gasteiger partial charge >= 0.3 is 0 Å². The second-order valence-corrected chi connectivity index (χ2v) is 6.46. The van der Waals surface area contributed by atoms with Gasteiger partial charge in [-0.1, -0.05) is 48.5 Å². The second-order valence-electron chi connectivity index (χ2n) is 6.46. The molecule has 2 aromatic carbocycles. The van der Waals surface area contributed by atoms with Crippen molar-refractivity contribution in [1.29, 1.82) is 0 Å². The van der Waals surface area contributed by atoms with E-state index in [1.165, 1.54) is 5.56 Å². The number of benzene rings is 2. The van der Waals surface area contributed by atoms with Gasteiger partial charge in [0.25, 0.3) is 0 Å². The van der Waals surface area contributed by atoms with E-state index in [4.69, 9.17) is 0 Å². The molecule has 0 bridgehead atoms. The van der Waals surface area contributed by atoms with Crippen LogP contribution in [0.2, 0.25) is 0 Å². The van der Waals surface area contributed by atoms with Gasteiger partial charge in [-0.15, -0.1) is 0 Å². The van der Waals surface area contributed by atoms with Crippen molar-refractivity contribution in [2.75, 3.05) is 13.1 Å². The number of piperazine rings is 1. The standard InChI is InChI=1S/C20H24FN2/c1-16-13-23(15-19-10-6-7-11-20(19)21)17(2)12-22(16)14-18-8-4-3-5-9-18/h3-11,14,16-17H,12-13,15H2,1-2H3/t16-,17+/m0/s1. The Balaban J connectivity index is 1.64. The van der Waals surface area contributed by atoms with Crippen LogP contribution in [0.4, 0.5) is 4.39 Å². The fraction of sp³-hybridized carbons (Fsp3) is 0.350. The van der Waals surface area contributed by atoms with Gasteiger partial charge in [-0.05, 0) is 25.5 Å². The van der Waals surface area contributed by atoms with E-state index >= 15 is 0 Å².